The van der Waals surface area contributed by atoms with Gasteiger partial charge in [-0.05, 0) is 50.2 Å². The Labute approximate surface area is 192 Å². The maximum Gasteiger partial charge on any atom is 0.152 e. The first-order valence-electron chi connectivity index (χ1n) is 9.53. The Kier molecular flexibility index (Phi) is 7.39. The van der Waals surface area contributed by atoms with E-state index in [1.165, 1.54) is 0 Å². The molecule has 0 saturated carbocycles. The molecule has 2 aromatic heterocycles. The average Bonchev–Trinajstić information content (AvgIpc) is 3.33. The minimum atomic E-state index is 0.671. The second kappa shape index (κ2) is 10.4. The molecule has 0 radical (unpaired) electrons. The van der Waals surface area contributed by atoms with E-state index in [0.717, 1.165) is 52.1 Å². The molecule has 4 nitrogen and oxygen atoms in total. The van der Waals surface area contributed by atoms with E-state index >= 15 is 0 Å². The van der Waals surface area contributed by atoms with Crippen LogP contribution in [0.1, 0.15) is 13.8 Å². The Morgan fingerprint density at radius 3 is 1.67 bits per heavy atom. The molecule has 2 aromatic carbocycles. The quantitative estimate of drug-likeness (QED) is 0.213. The first-order valence-corrected chi connectivity index (χ1v) is 13.1. The molecule has 8 heteroatoms. The molecule has 154 valence electrons. The van der Waals surface area contributed by atoms with Gasteiger partial charge >= 0.3 is 0 Å². The SMILES string of the molecule is CCOc1ccc2nc(SCC#CCSc3nc4ccc(OCC)cc4s3)sc2c1. The molecule has 0 aliphatic rings. The standard InChI is InChI=1S/C22H20N2O2S4/c1-3-25-15-7-9-17-19(13-15)29-21(23-17)27-11-5-6-12-28-22-24-18-10-8-16(26-4-2)14-20(18)30-22/h7-10,13-14H,3-4,11-12H2,1-2H3. The summed E-state index contributed by atoms with van der Waals surface area (Å²) in [4.78, 5) is 9.32. The van der Waals surface area contributed by atoms with Gasteiger partial charge in [-0.2, -0.15) is 0 Å². The summed E-state index contributed by atoms with van der Waals surface area (Å²) in [6, 6.07) is 12.1. The predicted octanol–water partition coefficient (Wildman–Crippen LogP) is 6.59. The number of hydrogen-bond donors (Lipinski definition) is 0. The van der Waals surface area contributed by atoms with Crippen LogP contribution in [0.4, 0.5) is 0 Å². The van der Waals surface area contributed by atoms with Crippen LogP contribution in [-0.2, 0) is 0 Å². The summed E-state index contributed by atoms with van der Waals surface area (Å²) in [7, 11) is 0. The van der Waals surface area contributed by atoms with Gasteiger partial charge in [0.1, 0.15) is 11.5 Å². The molecule has 2 heterocycles. The lowest BCUT2D eigenvalue weighted by atomic mass is 10.3. The molecule has 0 fully saturated rings. The van der Waals surface area contributed by atoms with E-state index in [2.05, 4.69) is 33.9 Å². The highest BCUT2D eigenvalue weighted by molar-refractivity contribution is 8.01. The maximum absolute atomic E-state index is 5.56. The summed E-state index contributed by atoms with van der Waals surface area (Å²) in [6.07, 6.45) is 0. The molecule has 0 saturated heterocycles. The van der Waals surface area contributed by atoms with Crippen molar-refractivity contribution in [3.63, 3.8) is 0 Å². The monoisotopic (exact) mass is 472 g/mol. The number of aromatic nitrogens is 2. The van der Waals surface area contributed by atoms with Gasteiger partial charge in [-0.25, -0.2) is 9.97 Å². The highest BCUT2D eigenvalue weighted by Gasteiger charge is 2.06. The van der Waals surface area contributed by atoms with Gasteiger partial charge in [-0.15, -0.1) is 22.7 Å². The van der Waals surface area contributed by atoms with Crippen molar-refractivity contribution in [1.29, 1.82) is 0 Å². The van der Waals surface area contributed by atoms with Gasteiger partial charge in [0, 0.05) is 0 Å². The van der Waals surface area contributed by atoms with E-state index in [4.69, 9.17) is 9.47 Å². The van der Waals surface area contributed by atoms with Crippen LogP contribution in [0, 0.1) is 11.8 Å². The highest BCUT2D eigenvalue weighted by atomic mass is 32.2. The van der Waals surface area contributed by atoms with Gasteiger partial charge in [0.05, 0.1) is 45.2 Å². The molecular weight excluding hydrogens is 453 g/mol. The fourth-order valence-electron chi connectivity index (χ4n) is 2.70. The minimum Gasteiger partial charge on any atom is -0.494 e. The van der Waals surface area contributed by atoms with Crippen molar-refractivity contribution in [3.05, 3.63) is 36.4 Å². The number of thioether (sulfide) groups is 2. The Morgan fingerprint density at radius 2 is 1.23 bits per heavy atom. The molecule has 0 atom stereocenters. The first kappa shape index (κ1) is 21.3. The number of hydrogen-bond acceptors (Lipinski definition) is 8. The Bertz CT molecular complexity index is 1110. The van der Waals surface area contributed by atoms with E-state index in [0.29, 0.717) is 13.2 Å². The van der Waals surface area contributed by atoms with E-state index in [1.807, 2.05) is 38.1 Å². The number of benzene rings is 2. The summed E-state index contributed by atoms with van der Waals surface area (Å²) < 4.78 is 15.5. The number of ether oxygens (including phenoxy) is 2. The van der Waals surface area contributed by atoms with Gasteiger partial charge < -0.3 is 9.47 Å². The third kappa shape index (κ3) is 5.41. The fourth-order valence-corrected chi connectivity index (χ4v) is 6.44. The number of thiazole rings is 2. The molecule has 4 rings (SSSR count). The van der Waals surface area contributed by atoms with Crippen LogP contribution < -0.4 is 9.47 Å². The summed E-state index contributed by atoms with van der Waals surface area (Å²) in [5.74, 6) is 9.72. The topological polar surface area (TPSA) is 44.2 Å². The highest BCUT2D eigenvalue weighted by Crippen LogP contribution is 2.33. The van der Waals surface area contributed by atoms with Crippen LogP contribution in [0.3, 0.4) is 0 Å². The van der Waals surface area contributed by atoms with Crippen LogP contribution in [0.15, 0.2) is 45.1 Å². The molecular formula is C22H20N2O2S4. The fraction of sp³-hybridized carbons (Fsp3) is 0.273. The number of fused-ring (bicyclic) bond motifs is 2. The zero-order valence-corrected chi connectivity index (χ0v) is 19.9. The average molecular weight is 473 g/mol. The van der Waals surface area contributed by atoms with Crippen LogP contribution in [0.5, 0.6) is 11.5 Å². The molecule has 0 N–H and O–H groups in total. The molecule has 0 spiro atoms. The summed E-state index contributed by atoms with van der Waals surface area (Å²) in [5, 5.41) is 0. The van der Waals surface area contributed by atoms with Gasteiger partial charge in [0.15, 0.2) is 8.68 Å². The zero-order valence-electron chi connectivity index (χ0n) is 16.6. The lowest BCUT2D eigenvalue weighted by Gasteiger charge is -2.00. The summed E-state index contributed by atoms with van der Waals surface area (Å²) >= 11 is 6.73. The predicted molar refractivity (Wildman–Crippen MR) is 131 cm³/mol. The van der Waals surface area contributed by atoms with E-state index in [1.54, 1.807) is 46.2 Å². The lowest BCUT2D eigenvalue weighted by molar-refractivity contribution is 0.340. The van der Waals surface area contributed by atoms with Crippen LogP contribution in [0.25, 0.3) is 20.4 Å². The Balaban J connectivity index is 1.28. The first-order chi connectivity index (χ1) is 14.7. The largest absolute Gasteiger partial charge is 0.494 e. The summed E-state index contributed by atoms with van der Waals surface area (Å²) in [6.45, 7) is 5.32. The van der Waals surface area contributed by atoms with Gasteiger partial charge in [0.25, 0.3) is 0 Å². The van der Waals surface area contributed by atoms with Gasteiger partial charge in [0.2, 0.25) is 0 Å². The normalized spacial score (nSPS) is 10.9. The van der Waals surface area contributed by atoms with Crippen LogP contribution in [-0.4, -0.2) is 34.7 Å². The van der Waals surface area contributed by atoms with Crippen molar-refractivity contribution >= 4 is 66.6 Å². The van der Waals surface area contributed by atoms with E-state index in [-0.39, 0.29) is 0 Å². The van der Waals surface area contributed by atoms with Crippen molar-refractivity contribution in [2.45, 2.75) is 22.5 Å². The second-order valence-electron chi connectivity index (χ2n) is 6.02. The maximum atomic E-state index is 5.56. The molecule has 0 amide bonds. The van der Waals surface area contributed by atoms with Gasteiger partial charge in [-0.1, -0.05) is 35.4 Å². The molecule has 0 bridgehead atoms. The van der Waals surface area contributed by atoms with E-state index in [9.17, 15) is 0 Å². The third-order valence-electron chi connectivity index (χ3n) is 3.96. The van der Waals surface area contributed by atoms with Crippen molar-refractivity contribution in [1.82, 2.24) is 9.97 Å². The van der Waals surface area contributed by atoms with Crippen molar-refractivity contribution < 1.29 is 9.47 Å². The van der Waals surface area contributed by atoms with Crippen molar-refractivity contribution in [2.75, 3.05) is 24.7 Å². The molecule has 0 aliphatic carbocycles. The zero-order chi connectivity index (χ0) is 20.8. The summed E-state index contributed by atoms with van der Waals surface area (Å²) in [5.41, 5.74) is 2.02. The van der Waals surface area contributed by atoms with E-state index < -0.39 is 0 Å². The third-order valence-corrected chi connectivity index (χ3v) is 8.05. The Morgan fingerprint density at radius 1 is 0.767 bits per heavy atom. The lowest BCUT2D eigenvalue weighted by Crippen LogP contribution is -1.89. The minimum absolute atomic E-state index is 0.671. The number of nitrogens with zero attached hydrogens (tertiary/aromatic N) is 2. The Hall–Kier alpha value is -1.92. The molecule has 0 aliphatic heterocycles. The van der Waals surface area contributed by atoms with Gasteiger partial charge in [-0.3, -0.25) is 0 Å². The molecule has 30 heavy (non-hydrogen) atoms. The van der Waals surface area contributed by atoms with Crippen molar-refractivity contribution in [3.8, 4) is 23.3 Å². The van der Waals surface area contributed by atoms with Crippen LogP contribution in [0.2, 0.25) is 0 Å². The number of rotatable bonds is 8. The smallest absolute Gasteiger partial charge is 0.152 e. The molecule has 0 unspecified atom stereocenters. The molecule has 4 aromatic rings. The van der Waals surface area contributed by atoms with Crippen LogP contribution >= 0.6 is 46.2 Å². The second-order valence-corrected chi connectivity index (χ2v) is 10.5. The van der Waals surface area contributed by atoms with Crippen molar-refractivity contribution in [2.24, 2.45) is 0 Å².